The maximum absolute atomic E-state index is 11.6. The first-order chi connectivity index (χ1) is 11.6. The molecule has 1 aromatic carbocycles. The van der Waals surface area contributed by atoms with Crippen LogP contribution in [0, 0.1) is 0 Å². The number of amides is 1. The van der Waals surface area contributed by atoms with Crippen LogP contribution in [0.5, 0.6) is 5.75 Å². The second-order valence-corrected chi connectivity index (χ2v) is 5.57. The molecule has 24 heavy (non-hydrogen) atoms. The number of carbonyl (C=O) groups is 2. The van der Waals surface area contributed by atoms with Crippen LogP contribution >= 0.6 is 0 Å². The lowest BCUT2D eigenvalue weighted by atomic mass is 10.0. The molecule has 2 N–H and O–H groups in total. The highest BCUT2D eigenvalue weighted by molar-refractivity contribution is 6.29. The number of nitrogens with zero attached hydrogens (tertiary/aromatic N) is 1. The normalized spacial score (nSPS) is 10.7. The van der Waals surface area contributed by atoms with E-state index in [1.54, 1.807) is 16.7 Å². The summed E-state index contributed by atoms with van der Waals surface area (Å²) in [6.45, 7) is 2.00. The van der Waals surface area contributed by atoms with Crippen LogP contribution in [0.1, 0.15) is 23.6 Å². The molecule has 0 saturated carbocycles. The third-order valence-electron chi connectivity index (χ3n) is 4.06. The van der Waals surface area contributed by atoms with Gasteiger partial charge >= 0.3 is 0 Å². The Morgan fingerprint density at radius 2 is 1.92 bits per heavy atom. The van der Waals surface area contributed by atoms with E-state index < -0.39 is 5.91 Å². The zero-order valence-electron chi connectivity index (χ0n) is 13.3. The number of pyridine rings is 1. The second-order valence-electron chi connectivity index (χ2n) is 5.57. The lowest BCUT2D eigenvalue weighted by Crippen LogP contribution is -2.15. The Morgan fingerprint density at radius 1 is 1.17 bits per heavy atom. The van der Waals surface area contributed by atoms with E-state index in [-0.39, 0.29) is 12.0 Å². The van der Waals surface area contributed by atoms with E-state index in [0.717, 1.165) is 22.2 Å². The average Bonchev–Trinajstić information content (AvgIpc) is 2.88. The van der Waals surface area contributed by atoms with Crippen LogP contribution in [0.25, 0.3) is 5.52 Å². The summed E-state index contributed by atoms with van der Waals surface area (Å²) in [7, 11) is 0. The van der Waals surface area contributed by atoms with Crippen LogP contribution in [0.15, 0.2) is 48.7 Å². The van der Waals surface area contributed by atoms with Crippen LogP contribution in [0.2, 0.25) is 0 Å². The zero-order valence-corrected chi connectivity index (χ0v) is 13.3. The van der Waals surface area contributed by atoms with Gasteiger partial charge in [0.05, 0.1) is 11.7 Å². The van der Waals surface area contributed by atoms with Crippen molar-refractivity contribution in [1.82, 2.24) is 4.40 Å². The molecule has 2 heterocycles. The number of anilines is 1. The Hall–Kier alpha value is -3.08. The first-order valence-corrected chi connectivity index (χ1v) is 7.79. The van der Waals surface area contributed by atoms with Gasteiger partial charge in [0.2, 0.25) is 6.29 Å². The lowest BCUT2D eigenvalue weighted by molar-refractivity contribution is -0.127. The van der Waals surface area contributed by atoms with Crippen LogP contribution < -0.4 is 5.32 Å². The lowest BCUT2D eigenvalue weighted by Gasteiger charge is -2.06. The van der Waals surface area contributed by atoms with Gasteiger partial charge in [0.1, 0.15) is 11.6 Å². The number of hydrogen-bond donors (Lipinski definition) is 2. The van der Waals surface area contributed by atoms with E-state index in [9.17, 15) is 14.7 Å². The molecule has 0 aliphatic rings. The summed E-state index contributed by atoms with van der Waals surface area (Å²) >= 11 is 0. The summed E-state index contributed by atoms with van der Waals surface area (Å²) in [6, 6.07) is 13.5. The first kappa shape index (κ1) is 15.8. The highest BCUT2D eigenvalue weighted by Crippen LogP contribution is 2.32. The SMILES string of the molecule is CCc1c(Cc2ccccc2)c2ccc(O)cn2c1NC(=O)C=O. The summed E-state index contributed by atoms with van der Waals surface area (Å²) < 4.78 is 1.73. The third kappa shape index (κ3) is 2.88. The van der Waals surface area contributed by atoms with Gasteiger partial charge in [-0.2, -0.15) is 0 Å². The second kappa shape index (κ2) is 6.58. The number of rotatable bonds is 5. The monoisotopic (exact) mass is 322 g/mol. The quantitative estimate of drug-likeness (QED) is 0.560. The van der Waals surface area contributed by atoms with Gasteiger partial charge in [0.15, 0.2) is 0 Å². The molecule has 0 bridgehead atoms. The molecule has 0 radical (unpaired) electrons. The van der Waals surface area contributed by atoms with Gasteiger partial charge in [0.25, 0.3) is 5.91 Å². The fourth-order valence-electron chi connectivity index (χ4n) is 3.02. The summed E-state index contributed by atoms with van der Waals surface area (Å²) in [5.74, 6) is -0.0850. The van der Waals surface area contributed by atoms with E-state index in [4.69, 9.17) is 0 Å². The number of aromatic nitrogens is 1. The fraction of sp³-hybridized carbons (Fsp3) is 0.158. The minimum Gasteiger partial charge on any atom is -0.506 e. The Kier molecular flexibility index (Phi) is 4.33. The molecule has 3 rings (SSSR count). The van der Waals surface area contributed by atoms with Crippen LogP contribution in [-0.2, 0) is 22.4 Å². The highest BCUT2D eigenvalue weighted by atomic mass is 16.3. The topological polar surface area (TPSA) is 70.8 Å². The van der Waals surface area contributed by atoms with Crippen molar-refractivity contribution < 1.29 is 14.7 Å². The summed E-state index contributed by atoms with van der Waals surface area (Å²) in [5.41, 5.74) is 4.08. The van der Waals surface area contributed by atoms with E-state index in [2.05, 4.69) is 5.32 Å². The van der Waals surface area contributed by atoms with Crippen molar-refractivity contribution >= 4 is 23.5 Å². The predicted molar refractivity (Wildman–Crippen MR) is 92.4 cm³/mol. The van der Waals surface area contributed by atoms with E-state index in [1.807, 2.05) is 43.3 Å². The average molecular weight is 322 g/mol. The number of carbonyl (C=O) groups excluding carboxylic acids is 2. The number of aromatic hydroxyl groups is 1. The van der Waals surface area contributed by atoms with Gasteiger partial charge in [-0.05, 0) is 41.7 Å². The number of aldehydes is 1. The van der Waals surface area contributed by atoms with E-state index >= 15 is 0 Å². The molecule has 3 aromatic rings. The zero-order chi connectivity index (χ0) is 17.1. The summed E-state index contributed by atoms with van der Waals surface area (Å²) in [4.78, 5) is 22.3. The molecule has 0 unspecified atom stereocenters. The molecule has 122 valence electrons. The standard InChI is InChI=1S/C19H18N2O3/c1-2-15-16(10-13-6-4-3-5-7-13)17-9-8-14(23)11-21(17)19(15)20-18(24)12-22/h3-9,11-12,23H,2,10H2,1H3,(H,20,24). The smallest absolute Gasteiger partial charge is 0.289 e. The van der Waals surface area contributed by atoms with Crippen LogP contribution in [0.4, 0.5) is 5.82 Å². The van der Waals surface area contributed by atoms with Crippen molar-refractivity contribution in [2.45, 2.75) is 19.8 Å². The van der Waals surface area contributed by atoms with Gasteiger partial charge in [-0.3, -0.25) is 14.0 Å². The number of hydrogen-bond acceptors (Lipinski definition) is 3. The van der Waals surface area contributed by atoms with Crippen molar-refractivity contribution in [1.29, 1.82) is 0 Å². The van der Waals surface area contributed by atoms with Gasteiger partial charge in [0, 0.05) is 0 Å². The maximum atomic E-state index is 11.6. The molecule has 0 atom stereocenters. The van der Waals surface area contributed by atoms with Crippen LogP contribution in [0.3, 0.4) is 0 Å². The molecule has 5 nitrogen and oxygen atoms in total. The van der Waals surface area contributed by atoms with Crippen molar-refractivity contribution in [2.24, 2.45) is 0 Å². The highest BCUT2D eigenvalue weighted by Gasteiger charge is 2.19. The van der Waals surface area contributed by atoms with E-state index in [1.165, 1.54) is 0 Å². The molecule has 5 heteroatoms. The van der Waals surface area contributed by atoms with Crippen molar-refractivity contribution in [3.63, 3.8) is 0 Å². The van der Waals surface area contributed by atoms with E-state index in [0.29, 0.717) is 18.7 Å². The molecular formula is C19H18N2O3. The number of nitrogens with one attached hydrogen (secondary N) is 1. The molecule has 0 aliphatic heterocycles. The maximum Gasteiger partial charge on any atom is 0.289 e. The number of benzene rings is 1. The first-order valence-electron chi connectivity index (χ1n) is 7.79. The van der Waals surface area contributed by atoms with Gasteiger partial charge < -0.3 is 10.4 Å². The Labute approximate surface area is 139 Å². The summed E-state index contributed by atoms with van der Waals surface area (Å²) in [6.07, 6.45) is 3.19. The summed E-state index contributed by atoms with van der Waals surface area (Å²) in [5, 5.41) is 12.4. The predicted octanol–water partition coefficient (Wildman–Crippen LogP) is 2.94. The molecule has 0 spiro atoms. The molecular weight excluding hydrogens is 304 g/mol. The van der Waals surface area contributed by atoms with Crippen molar-refractivity contribution in [3.05, 3.63) is 65.4 Å². The Morgan fingerprint density at radius 3 is 2.58 bits per heavy atom. The third-order valence-corrected chi connectivity index (χ3v) is 4.06. The molecule has 0 aliphatic carbocycles. The number of fused-ring (bicyclic) bond motifs is 1. The van der Waals surface area contributed by atoms with Crippen LogP contribution in [-0.4, -0.2) is 21.7 Å². The molecule has 0 fully saturated rings. The van der Waals surface area contributed by atoms with Gasteiger partial charge in [-0.15, -0.1) is 0 Å². The van der Waals surface area contributed by atoms with Gasteiger partial charge in [-0.25, -0.2) is 0 Å². The molecule has 2 aromatic heterocycles. The molecule has 0 saturated heterocycles. The minimum absolute atomic E-state index is 0.0908. The Balaban J connectivity index is 2.20. The molecule has 1 amide bonds. The largest absolute Gasteiger partial charge is 0.506 e. The van der Waals surface area contributed by atoms with Crippen molar-refractivity contribution in [2.75, 3.05) is 5.32 Å². The fourth-order valence-corrected chi connectivity index (χ4v) is 3.02. The van der Waals surface area contributed by atoms with Crippen molar-refractivity contribution in [3.8, 4) is 5.75 Å². The Bertz CT molecular complexity index is 898. The van der Waals surface area contributed by atoms with Gasteiger partial charge in [-0.1, -0.05) is 37.3 Å². The minimum atomic E-state index is -0.710.